The highest BCUT2D eigenvalue weighted by Gasteiger charge is 2.35. The molecule has 5 nitrogen and oxygen atoms in total. The quantitative estimate of drug-likeness (QED) is 0.808. The van der Waals surface area contributed by atoms with E-state index in [1.807, 2.05) is 4.90 Å². The first kappa shape index (κ1) is 14.8. The van der Waals surface area contributed by atoms with Crippen LogP contribution in [0.15, 0.2) is 0 Å². The van der Waals surface area contributed by atoms with E-state index >= 15 is 0 Å². The number of nitrogens with two attached hydrogens (primary N) is 1. The molecule has 1 heterocycles. The van der Waals surface area contributed by atoms with Gasteiger partial charge in [-0.2, -0.15) is 0 Å². The molecule has 0 aromatic heterocycles. The van der Waals surface area contributed by atoms with E-state index in [0.29, 0.717) is 12.5 Å². The highest BCUT2D eigenvalue weighted by molar-refractivity contribution is 5.82. The lowest BCUT2D eigenvalue weighted by Crippen LogP contribution is -2.47. The maximum absolute atomic E-state index is 12.5. The average molecular weight is 293 g/mol. The van der Waals surface area contributed by atoms with Crippen molar-refractivity contribution < 1.29 is 9.59 Å². The molecule has 1 aliphatic heterocycles. The third-order valence-corrected chi connectivity index (χ3v) is 5.19. The summed E-state index contributed by atoms with van der Waals surface area (Å²) in [6.07, 6.45) is 7.02. The van der Waals surface area contributed by atoms with Crippen LogP contribution in [-0.2, 0) is 9.59 Å². The Hall–Kier alpha value is -1.10. The molecule has 0 spiro atoms. The van der Waals surface area contributed by atoms with Crippen LogP contribution < -0.4 is 11.1 Å². The molecule has 3 N–H and O–H groups in total. The van der Waals surface area contributed by atoms with Gasteiger partial charge in [-0.15, -0.1) is 0 Å². The molecule has 3 unspecified atom stereocenters. The summed E-state index contributed by atoms with van der Waals surface area (Å²) in [4.78, 5) is 26.6. The van der Waals surface area contributed by atoms with Crippen LogP contribution in [0, 0.1) is 17.8 Å². The largest absolute Gasteiger partial charge is 0.356 e. The Morgan fingerprint density at radius 1 is 1.10 bits per heavy atom. The zero-order valence-electron chi connectivity index (χ0n) is 12.7. The second-order valence-corrected chi connectivity index (χ2v) is 7.08. The van der Waals surface area contributed by atoms with Gasteiger partial charge in [0, 0.05) is 31.6 Å². The Labute approximate surface area is 126 Å². The van der Waals surface area contributed by atoms with Crippen molar-refractivity contribution in [2.24, 2.45) is 23.5 Å². The minimum absolute atomic E-state index is 0.0171. The van der Waals surface area contributed by atoms with Gasteiger partial charge in [0.05, 0.1) is 5.92 Å². The number of piperidine rings is 1. The Balaban J connectivity index is 1.49. The Morgan fingerprint density at radius 2 is 1.90 bits per heavy atom. The standard InChI is InChI=1S/C16H27N3O2/c17-14-6-5-12(8-14)16(21)19-7-1-2-13(10-19)15(20)18-9-11-3-4-11/h11-14H,1-10,17H2,(H,18,20). The van der Waals surface area contributed by atoms with Gasteiger partial charge in [-0.25, -0.2) is 0 Å². The smallest absolute Gasteiger partial charge is 0.225 e. The molecule has 118 valence electrons. The van der Waals surface area contributed by atoms with Crippen molar-refractivity contribution in [2.45, 2.75) is 51.0 Å². The molecular formula is C16H27N3O2. The third-order valence-electron chi connectivity index (χ3n) is 5.19. The number of hydrogen-bond donors (Lipinski definition) is 2. The number of likely N-dealkylation sites (tertiary alicyclic amines) is 1. The number of nitrogens with zero attached hydrogens (tertiary/aromatic N) is 1. The van der Waals surface area contributed by atoms with Crippen molar-refractivity contribution in [3.63, 3.8) is 0 Å². The van der Waals surface area contributed by atoms with Gasteiger partial charge in [0.15, 0.2) is 0 Å². The monoisotopic (exact) mass is 293 g/mol. The van der Waals surface area contributed by atoms with Crippen molar-refractivity contribution in [2.75, 3.05) is 19.6 Å². The van der Waals surface area contributed by atoms with Gasteiger partial charge < -0.3 is 16.0 Å². The molecule has 3 rings (SSSR count). The second kappa shape index (κ2) is 6.34. The van der Waals surface area contributed by atoms with Crippen LogP contribution in [-0.4, -0.2) is 42.4 Å². The number of carbonyl (C=O) groups excluding carboxylic acids is 2. The maximum Gasteiger partial charge on any atom is 0.225 e. The summed E-state index contributed by atoms with van der Waals surface area (Å²) in [5, 5.41) is 3.05. The fourth-order valence-electron chi connectivity index (χ4n) is 3.60. The van der Waals surface area contributed by atoms with Gasteiger partial charge in [-0.05, 0) is 50.9 Å². The summed E-state index contributed by atoms with van der Waals surface area (Å²) in [7, 11) is 0. The molecule has 0 bridgehead atoms. The molecule has 0 radical (unpaired) electrons. The summed E-state index contributed by atoms with van der Waals surface area (Å²) in [5.41, 5.74) is 5.91. The molecule has 0 aromatic rings. The number of carbonyl (C=O) groups is 2. The molecular weight excluding hydrogens is 266 g/mol. The van der Waals surface area contributed by atoms with E-state index in [-0.39, 0.29) is 29.7 Å². The molecule has 3 fully saturated rings. The fraction of sp³-hybridized carbons (Fsp3) is 0.875. The van der Waals surface area contributed by atoms with E-state index in [2.05, 4.69) is 5.32 Å². The lowest BCUT2D eigenvalue weighted by molar-refractivity contribution is -0.139. The summed E-state index contributed by atoms with van der Waals surface area (Å²) >= 11 is 0. The van der Waals surface area contributed by atoms with Crippen LogP contribution in [0.3, 0.4) is 0 Å². The number of hydrogen-bond acceptors (Lipinski definition) is 3. The lowest BCUT2D eigenvalue weighted by Gasteiger charge is -2.33. The highest BCUT2D eigenvalue weighted by atomic mass is 16.2. The van der Waals surface area contributed by atoms with E-state index in [4.69, 9.17) is 5.73 Å². The second-order valence-electron chi connectivity index (χ2n) is 7.08. The first-order valence-corrected chi connectivity index (χ1v) is 8.45. The molecule has 2 saturated carbocycles. The topological polar surface area (TPSA) is 75.4 Å². The van der Waals surface area contributed by atoms with Gasteiger partial charge in [0.2, 0.25) is 11.8 Å². The van der Waals surface area contributed by atoms with Crippen LogP contribution in [0.2, 0.25) is 0 Å². The van der Waals surface area contributed by atoms with E-state index in [9.17, 15) is 9.59 Å². The third kappa shape index (κ3) is 3.76. The normalized spacial score (nSPS) is 33.0. The zero-order chi connectivity index (χ0) is 14.8. The van der Waals surface area contributed by atoms with Gasteiger partial charge in [-0.3, -0.25) is 9.59 Å². The van der Waals surface area contributed by atoms with E-state index in [0.717, 1.165) is 45.2 Å². The Bertz CT molecular complexity index is 408. The number of amides is 2. The van der Waals surface area contributed by atoms with Gasteiger partial charge in [0.25, 0.3) is 0 Å². The lowest BCUT2D eigenvalue weighted by atomic mass is 9.95. The molecule has 3 aliphatic rings. The van der Waals surface area contributed by atoms with Crippen LogP contribution >= 0.6 is 0 Å². The van der Waals surface area contributed by atoms with Gasteiger partial charge in [0.1, 0.15) is 0 Å². The molecule has 21 heavy (non-hydrogen) atoms. The zero-order valence-corrected chi connectivity index (χ0v) is 12.7. The molecule has 2 aliphatic carbocycles. The minimum atomic E-state index is -0.0171. The van der Waals surface area contributed by atoms with E-state index in [1.165, 1.54) is 12.8 Å². The first-order valence-electron chi connectivity index (χ1n) is 8.45. The van der Waals surface area contributed by atoms with Crippen molar-refractivity contribution in [3.05, 3.63) is 0 Å². The SMILES string of the molecule is NC1CCC(C(=O)N2CCCC(C(=O)NCC3CC3)C2)C1. The highest BCUT2D eigenvalue weighted by Crippen LogP contribution is 2.29. The molecule has 0 aromatic carbocycles. The van der Waals surface area contributed by atoms with E-state index in [1.54, 1.807) is 0 Å². The molecule has 3 atom stereocenters. The van der Waals surface area contributed by atoms with Crippen molar-refractivity contribution in [1.82, 2.24) is 10.2 Å². The molecule has 2 amide bonds. The molecule has 1 saturated heterocycles. The summed E-state index contributed by atoms with van der Waals surface area (Å²) < 4.78 is 0. The predicted molar refractivity (Wildman–Crippen MR) is 80.4 cm³/mol. The first-order chi connectivity index (χ1) is 10.1. The summed E-state index contributed by atoms with van der Waals surface area (Å²) in [6, 6.07) is 0.182. The Morgan fingerprint density at radius 3 is 2.57 bits per heavy atom. The maximum atomic E-state index is 12.5. The van der Waals surface area contributed by atoms with E-state index < -0.39 is 0 Å². The van der Waals surface area contributed by atoms with Gasteiger partial charge in [-0.1, -0.05) is 0 Å². The van der Waals surface area contributed by atoms with Crippen molar-refractivity contribution in [1.29, 1.82) is 0 Å². The fourth-order valence-corrected chi connectivity index (χ4v) is 3.60. The van der Waals surface area contributed by atoms with Crippen LogP contribution in [0.4, 0.5) is 0 Å². The summed E-state index contributed by atoms with van der Waals surface area (Å²) in [5.74, 6) is 1.14. The molecule has 5 heteroatoms. The number of nitrogens with one attached hydrogen (secondary N) is 1. The van der Waals surface area contributed by atoms with Gasteiger partial charge >= 0.3 is 0 Å². The predicted octanol–water partition coefficient (Wildman–Crippen LogP) is 0.879. The van der Waals surface area contributed by atoms with Crippen molar-refractivity contribution >= 4 is 11.8 Å². The summed E-state index contributed by atoms with van der Waals surface area (Å²) in [6.45, 7) is 2.22. The van der Waals surface area contributed by atoms with Crippen molar-refractivity contribution in [3.8, 4) is 0 Å². The van der Waals surface area contributed by atoms with Crippen LogP contribution in [0.25, 0.3) is 0 Å². The van der Waals surface area contributed by atoms with Crippen LogP contribution in [0.5, 0.6) is 0 Å². The number of rotatable bonds is 4. The Kier molecular flexibility index (Phi) is 4.48. The van der Waals surface area contributed by atoms with Crippen LogP contribution in [0.1, 0.15) is 44.9 Å². The average Bonchev–Trinajstić information content (AvgIpc) is 3.24. The minimum Gasteiger partial charge on any atom is -0.356 e.